The minimum atomic E-state index is 1.12. The molecule has 1 heteroatoms. The average molecular weight is 110 g/mol. The lowest BCUT2D eigenvalue weighted by molar-refractivity contribution is 0.406. The quantitative estimate of drug-likeness (QED) is 0.519. The molecule has 1 radical (unpaired) electrons. The van der Waals surface area contributed by atoms with Crippen LogP contribution < -0.4 is 0 Å². The van der Waals surface area contributed by atoms with Crippen molar-refractivity contribution < 1.29 is 0 Å². The van der Waals surface area contributed by atoms with Gasteiger partial charge in [-0.3, -0.25) is 0 Å². The summed E-state index contributed by atoms with van der Waals surface area (Å²) in [5.41, 5.74) is 0. The van der Waals surface area contributed by atoms with Crippen molar-refractivity contribution in [2.24, 2.45) is 0 Å². The lowest BCUT2D eigenvalue weighted by Crippen LogP contribution is -2.14. The zero-order valence-electron chi connectivity index (χ0n) is 5.35. The van der Waals surface area contributed by atoms with Gasteiger partial charge >= 0.3 is 0 Å². The summed E-state index contributed by atoms with van der Waals surface area (Å²) in [5.74, 6) is 0. The molecule has 0 bridgehead atoms. The van der Waals surface area contributed by atoms with Crippen LogP contribution in [0.4, 0.5) is 0 Å². The maximum atomic E-state index is 3.16. The van der Waals surface area contributed by atoms with Gasteiger partial charge in [-0.1, -0.05) is 6.92 Å². The van der Waals surface area contributed by atoms with Gasteiger partial charge in [0.1, 0.15) is 0 Å². The number of nitrogens with zero attached hydrogens (tertiary/aromatic N) is 1. The molecule has 0 spiro atoms. The van der Waals surface area contributed by atoms with Crippen LogP contribution in [0.1, 0.15) is 19.8 Å². The van der Waals surface area contributed by atoms with Crippen molar-refractivity contribution in [3.8, 4) is 0 Å². The zero-order chi connectivity index (χ0) is 5.82. The second kappa shape index (κ2) is 2.75. The molecule has 0 N–H and O–H groups in total. The van der Waals surface area contributed by atoms with Crippen molar-refractivity contribution >= 4 is 0 Å². The van der Waals surface area contributed by atoms with E-state index in [0.29, 0.717) is 0 Å². The van der Waals surface area contributed by atoms with Crippen molar-refractivity contribution in [1.82, 2.24) is 4.90 Å². The van der Waals surface area contributed by atoms with Crippen LogP contribution in [0.2, 0.25) is 0 Å². The standard InChI is InChI=1S/C7H12N/c1-2-5-8-6-3-4-7-8/h7H,2-3,5-6H2,1H3. The summed E-state index contributed by atoms with van der Waals surface area (Å²) in [6.07, 6.45) is 7.60. The molecule has 0 aromatic carbocycles. The fraction of sp³-hybridized carbons (Fsp3) is 0.714. The first-order valence-corrected chi connectivity index (χ1v) is 3.24. The molecule has 0 aliphatic carbocycles. The molecule has 8 heavy (non-hydrogen) atoms. The molecular weight excluding hydrogens is 98.1 g/mol. The van der Waals surface area contributed by atoms with Crippen molar-refractivity contribution in [1.29, 1.82) is 0 Å². The maximum absolute atomic E-state index is 3.16. The Morgan fingerprint density at radius 3 is 3.12 bits per heavy atom. The van der Waals surface area contributed by atoms with Crippen LogP contribution in [-0.4, -0.2) is 18.0 Å². The third-order valence-corrected chi connectivity index (χ3v) is 1.33. The summed E-state index contributed by atoms with van der Waals surface area (Å²) in [5, 5.41) is 0. The van der Waals surface area contributed by atoms with Crippen LogP contribution in [0.5, 0.6) is 0 Å². The Kier molecular flexibility index (Phi) is 1.95. The Hall–Kier alpha value is -0.460. The van der Waals surface area contributed by atoms with E-state index in [1.54, 1.807) is 0 Å². The van der Waals surface area contributed by atoms with Gasteiger partial charge in [-0.15, -0.1) is 0 Å². The number of rotatable bonds is 2. The Bertz CT molecular complexity index is 86.4. The minimum absolute atomic E-state index is 1.12. The van der Waals surface area contributed by atoms with Crippen LogP contribution in [0.15, 0.2) is 6.20 Å². The summed E-state index contributed by atoms with van der Waals surface area (Å²) < 4.78 is 0. The largest absolute Gasteiger partial charge is 0.377 e. The zero-order valence-corrected chi connectivity index (χ0v) is 5.35. The Morgan fingerprint density at radius 1 is 1.75 bits per heavy atom. The van der Waals surface area contributed by atoms with E-state index in [2.05, 4.69) is 24.1 Å². The highest BCUT2D eigenvalue weighted by atomic mass is 15.1. The van der Waals surface area contributed by atoms with Crippen molar-refractivity contribution in [3.63, 3.8) is 0 Å². The molecule has 1 aliphatic heterocycles. The van der Waals surface area contributed by atoms with E-state index >= 15 is 0 Å². The summed E-state index contributed by atoms with van der Waals surface area (Å²) in [7, 11) is 0. The van der Waals surface area contributed by atoms with Gasteiger partial charge < -0.3 is 4.90 Å². The van der Waals surface area contributed by atoms with Crippen molar-refractivity contribution in [3.05, 3.63) is 12.3 Å². The number of hydrogen-bond acceptors (Lipinski definition) is 1. The van der Waals surface area contributed by atoms with E-state index in [0.717, 1.165) is 6.42 Å². The molecule has 0 atom stereocenters. The van der Waals surface area contributed by atoms with E-state index in [4.69, 9.17) is 0 Å². The van der Waals surface area contributed by atoms with Crippen LogP contribution in [0.25, 0.3) is 0 Å². The molecule has 45 valence electrons. The highest BCUT2D eigenvalue weighted by Gasteiger charge is 2.00. The first-order chi connectivity index (χ1) is 3.93. The predicted molar refractivity (Wildman–Crippen MR) is 34.3 cm³/mol. The third-order valence-electron chi connectivity index (χ3n) is 1.33. The molecule has 0 saturated heterocycles. The number of hydrogen-bond donors (Lipinski definition) is 0. The topological polar surface area (TPSA) is 3.24 Å². The summed E-state index contributed by atoms with van der Waals surface area (Å²) in [6.45, 7) is 4.59. The molecule has 0 amide bonds. The highest BCUT2D eigenvalue weighted by Crippen LogP contribution is 2.02. The van der Waals surface area contributed by atoms with E-state index in [-0.39, 0.29) is 0 Å². The molecule has 0 fully saturated rings. The molecule has 1 rings (SSSR count). The Morgan fingerprint density at radius 2 is 2.62 bits per heavy atom. The van der Waals surface area contributed by atoms with E-state index in [1.165, 1.54) is 19.5 Å². The lowest BCUT2D eigenvalue weighted by atomic mass is 10.4. The second-order valence-corrected chi connectivity index (χ2v) is 2.12. The molecule has 0 unspecified atom stereocenters. The molecule has 0 saturated carbocycles. The summed E-state index contributed by atoms with van der Waals surface area (Å²) >= 11 is 0. The fourth-order valence-corrected chi connectivity index (χ4v) is 0.930. The van der Waals surface area contributed by atoms with Gasteiger partial charge in [0.05, 0.1) is 0 Å². The molecule has 1 nitrogen and oxygen atoms in total. The van der Waals surface area contributed by atoms with Crippen LogP contribution in [-0.2, 0) is 0 Å². The smallest absolute Gasteiger partial charge is 0.0213 e. The molecule has 1 heterocycles. The van der Waals surface area contributed by atoms with Crippen LogP contribution >= 0.6 is 0 Å². The summed E-state index contributed by atoms with van der Waals surface area (Å²) in [4.78, 5) is 2.31. The van der Waals surface area contributed by atoms with Gasteiger partial charge in [-0.05, 0) is 18.9 Å². The van der Waals surface area contributed by atoms with Crippen molar-refractivity contribution in [2.75, 3.05) is 13.1 Å². The van der Waals surface area contributed by atoms with E-state index < -0.39 is 0 Å². The molecule has 1 aliphatic rings. The van der Waals surface area contributed by atoms with Gasteiger partial charge in [0.25, 0.3) is 0 Å². The van der Waals surface area contributed by atoms with Gasteiger partial charge in [0.15, 0.2) is 0 Å². The lowest BCUT2D eigenvalue weighted by Gasteiger charge is -2.12. The monoisotopic (exact) mass is 110 g/mol. The minimum Gasteiger partial charge on any atom is -0.377 e. The highest BCUT2D eigenvalue weighted by molar-refractivity contribution is 4.83. The normalized spacial score (nSPS) is 17.9. The molecule has 0 aromatic rings. The van der Waals surface area contributed by atoms with E-state index in [9.17, 15) is 0 Å². The summed E-state index contributed by atoms with van der Waals surface area (Å²) in [6, 6.07) is 0. The van der Waals surface area contributed by atoms with Crippen LogP contribution in [0.3, 0.4) is 0 Å². The second-order valence-electron chi connectivity index (χ2n) is 2.12. The Labute approximate surface area is 51.0 Å². The van der Waals surface area contributed by atoms with Crippen LogP contribution in [0, 0.1) is 6.08 Å². The fourth-order valence-electron chi connectivity index (χ4n) is 0.930. The van der Waals surface area contributed by atoms with Gasteiger partial charge in [0, 0.05) is 19.3 Å². The maximum Gasteiger partial charge on any atom is 0.0213 e. The molecule has 0 aromatic heterocycles. The SMILES string of the molecule is CCCN1C=[C]CC1. The van der Waals surface area contributed by atoms with Crippen molar-refractivity contribution in [2.45, 2.75) is 19.8 Å². The third kappa shape index (κ3) is 1.25. The molecular formula is C7H12N. The van der Waals surface area contributed by atoms with Gasteiger partial charge in [-0.25, -0.2) is 0 Å². The average Bonchev–Trinajstić information content (AvgIpc) is 2.19. The first-order valence-electron chi connectivity index (χ1n) is 3.24. The van der Waals surface area contributed by atoms with E-state index in [1.807, 2.05) is 0 Å². The predicted octanol–water partition coefficient (Wildman–Crippen LogP) is 1.42. The Balaban J connectivity index is 2.16. The van der Waals surface area contributed by atoms with Gasteiger partial charge in [-0.2, -0.15) is 0 Å². The van der Waals surface area contributed by atoms with Gasteiger partial charge in [0.2, 0.25) is 0 Å². The first kappa shape index (κ1) is 5.67.